The number of amides is 1. The van der Waals surface area contributed by atoms with Gasteiger partial charge in [-0.05, 0) is 30.5 Å². The van der Waals surface area contributed by atoms with Crippen LogP contribution in [0.1, 0.15) is 30.8 Å². The molecule has 1 fully saturated rings. The van der Waals surface area contributed by atoms with Crippen LogP contribution in [0, 0.1) is 5.92 Å². The molecule has 0 aliphatic heterocycles. The maximum atomic E-state index is 12.2. The van der Waals surface area contributed by atoms with Crippen molar-refractivity contribution in [1.82, 2.24) is 0 Å². The molecule has 132 valence electrons. The van der Waals surface area contributed by atoms with Gasteiger partial charge in [0.1, 0.15) is 23.0 Å². The largest absolute Gasteiger partial charge is 0.495 e. The van der Waals surface area contributed by atoms with E-state index in [-0.39, 0.29) is 5.91 Å². The molecule has 1 aliphatic rings. The van der Waals surface area contributed by atoms with Gasteiger partial charge in [0.15, 0.2) is 0 Å². The van der Waals surface area contributed by atoms with Crippen molar-refractivity contribution in [3.8, 4) is 11.5 Å². The van der Waals surface area contributed by atoms with Crippen LogP contribution in [-0.4, -0.2) is 20.1 Å². The first kappa shape index (κ1) is 17.4. The van der Waals surface area contributed by atoms with Crippen LogP contribution in [0.25, 0.3) is 6.08 Å². The fraction of sp³-hybridized carbons (Fsp3) is 0.316. The molecule has 0 unspecified atom stereocenters. The third-order valence-corrected chi connectivity index (χ3v) is 4.55. The highest BCUT2D eigenvalue weighted by Gasteiger charge is 2.36. The zero-order chi connectivity index (χ0) is 18.0. The number of carbonyl (C=O) groups is 1. The lowest BCUT2D eigenvalue weighted by molar-refractivity contribution is -0.111. The standard InChI is InChI=1S/C19H20ClNO4/c1-11-8-13(11)16-6-4-12(25-16)5-7-19(22)21-15-10-17(23-2)14(20)9-18(15)24-3/h4-7,9-11,13H,8H2,1-3H3,(H,21,22)/b7-5+/t11-,13-/m1/s1. The van der Waals surface area contributed by atoms with Crippen molar-refractivity contribution in [2.75, 3.05) is 19.5 Å². The van der Waals surface area contributed by atoms with Crippen molar-refractivity contribution in [2.45, 2.75) is 19.3 Å². The van der Waals surface area contributed by atoms with Crippen LogP contribution in [0.5, 0.6) is 11.5 Å². The van der Waals surface area contributed by atoms with Crippen molar-refractivity contribution in [1.29, 1.82) is 0 Å². The summed E-state index contributed by atoms with van der Waals surface area (Å²) in [6.07, 6.45) is 4.22. The van der Waals surface area contributed by atoms with Crippen molar-refractivity contribution in [3.05, 3.63) is 46.9 Å². The molecule has 6 heteroatoms. The fourth-order valence-electron chi connectivity index (χ4n) is 2.67. The van der Waals surface area contributed by atoms with E-state index >= 15 is 0 Å². The first-order valence-corrected chi connectivity index (χ1v) is 8.40. The summed E-state index contributed by atoms with van der Waals surface area (Å²) in [5, 5.41) is 3.16. The molecule has 5 nitrogen and oxygen atoms in total. The molecule has 0 saturated heterocycles. The summed E-state index contributed by atoms with van der Waals surface area (Å²) in [5.74, 6) is 3.44. The Balaban J connectivity index is 1.68. The second-order valence-electron chi connectivity index (χ2n) is 6.07. The Morgan fingerprint density at radius 2 is 2.00 bits per heavy atom. The Morgan fingerprint density at radius 3 is 2.64 bits per heavy atom. The van der Waals surface area contributed by atoms with E-state index in [4.69, 9.17) is 25.5 Å². The van der Waals surface area contributed by atoms with Crippen molar-refractivity contribution in [2.24, 2.45) is 5.92 Å². The van der Waals surface area contributed by atoms with Gasteiger partial charge in [0.05, 0.1) is 24.9 Å². The maximum Gasteiger partial charge on any atom is 0.248 e. The molecule has 3 rings (SSSR count). The number of methoxy groups -OCH3 is 2. The zero-order valence-electron chi connectivity index (χ0n) is 14.3. The van der Waals surface area contributed by atoms with Gasteiger partial charge in [-0.2, -0.15) is 0 Å². The van der Waals surface area contributed by atoms with E-state index in [1.54, 1.807) is 18.2 Å². The molecule has 1 heterocycles. The third-order valence-electron chi connectivity index (χ3n) is 4.25. The Labute approximate surface area is 151 Å². The van der Waals surface area contributed by atoms with Gasteiger partial charge in [-0.1, -0.05) is 18.5 Å². The minimum absolute atomic E-state index is 0.305. The molecule has 1 aliphatic carbocycles. The van der Waals surface area contributed by atoms with Crippen LogP contribution in [0.4, 0.5) is 5.69 Å². The molecular weight excluding hydrogens is 342 g/mol. The lowest BCUT2D eigenvalue weighted by Crippen LogP contribution is -2.09. The van der Waals surface area contributed by atoms with Gasteiger partial charge in [0.2, 0.25) is 5.91 Å². The number of furan rings is 1. The number of carbonyl (C=O) groups excluding carboxylic acids is 1. The van der Waals surface area contributed by atoms with Crippen molar-refractivity contribution in [3.63, 3.8) is 0 Å². The molecule has 1 saturated carbocycles. The fourth-order valence-corrected chi connectivity index (χ4v) is 2.90. The molecule has 1 aromatic heterocycles. The van der Waals surface area contributed by atoms with Gasteiger partial charge in [0, 0.05) is 24.1 Å². The van der Waals surface area contributed by atoms with E-state index in [0.29, 0.717) is 39.8 Å². The minimum atomic E-state index is -0.305. The summed E-state index contributed by atoms with van der Waals surface area (Å²) < 4.78 is 16.1. The lowest BCUT2D eigenvalue weighted by Gasteiger charge is -2.12. The summed E-state index contributed by atoms with van der Waals surface area (Å²) in [6, 6.07) is 7.05. The lowest BCUT2D eigenvalue weighted by atomic mass is 10.2. The molecular formula is C19H20ClNO4. The summed E-state index contributed by atoms with van der Waals surface area (Å²) in [6.45, 7) is 2.20. The van der Waals surface area contributed by atoms with Gasteiger partial charge >= 0.3 is 0 Å². The Kier molecular flexibility index (Phi) is 5.04. The number of nitrogens with one attached hydrogen (secondary N) is 1. The highest BCUT2D eigenvalue weighted by atomic mass is 35.5. The average Bonchev–Trinajstić information content (AvgIpc) is 3.14. The van der Waals surface area contributed by atoms with E-state index in [0.717, 1.165) is 12.2 Å². The van der Waals surface area contributed by atoms with E-state index in [2.05, 4.69) is 12.2 Å². The number of hydrogen-bond acceptors (Lipinski definition) is 4. The molecule has 0 bridgehead atoms. The SMILES string of the molecule is COc1cc(NC(=O)/C=C/c2ccc([C@@H]3C[C@H]3C)o2)c(OC)cc1Cl. The van der Waals surface area contributed by atoms with Gasteiger partial charge in [-0.3, -0.25) is 4.79 Å². The monoisotopic (exact) mass is 361 g/mol. The summed E-state index contributed by atoms with van der Waals surface area (Å²) in [5.41, 5.74) is 0.477. The van der Waals surface area contributed by atoms with Crippen LogP contribution in [0.2, 0.25) is 5.02 Å². The summed E-state index contributed by atoms with van der Waals surface area (Å²) >= 11 is 6.06. The van der Waals surface area contributed by atoms with Crippen LogP contribution in [-0.2, 0) is 4.79 Å². The first-order chi connectivity index (χ1) is 12.0. The number of anilines is 1. The average molecular weight is 362 g/mol. The zero-order valence-corrected chi connectivity index (χ0v) is 15.1. The molecule has 2 aromatic rings. The molecule has 1 amide bonds. The van der Waals surface area contributed by atoms with Gasteiger partial charge < -0.3 is 19.2 Å². The third kappa shape index (κ3) is 3.99. The molecule has 25 heavy (non-hydrogen) atoms. The second-order valence-corrected chi connectivity index (χ2v) is 6.48. The molecule has 0 spiro atoms. The number of halogens is 1. The predicted molar refractivity (Wildman–Crippen MR) is 97.4 cm³/mol. The van der Waals surface area contributed by atoms with Crippen LogP contribution >= 0.6 is 11.6 Å². The van der Waals surface area contributed by atoms with Crippen LogP contribution in [0.3, 0.4) is 0 Å². The Bertz CT molecular complexity index is 812. The van der Waals surface area contributed by atoms with E-state index in [1.165, 1.54) is 20.3 Å². The number of hydrogen-bond donors (Lipinski definition) is 1. The minimum Gasteiger partial charge on any atom is -0.495 e. The first-order valence-electron chi connectivity index (χ1n) is 8.02. The molecule has 2 atom stereocenters. The molecule has 0 radical (unpaired) electrons. The van der Waals surface area contributed by atoms with Crippen LogP contribution in [0.15, 0.2) is 34.8 Å². The predicted octanol–water partition coefficient (Wildman–Crippen LogP) is 4.73. The quantitative estimate of drug-likeness (QED) is 0.756. The Hall–Kier alpha value is -2.40. The summed E-state index contributed by atoms with van der Waals surface area (Å²) in [7, 11) is 3.02. The van der Waals surface area contributed by atoms with Gasteiger partial charge in [0.25, 0.3) is 0 Å². The summed E-state index contributed by atoms with van der Waals surface area (Å²) in [4.78, 5) is 12.2. The molecule has 1 N–H and O–H groups in total. The van der Waals surface area contributed by atoms with Gasteiger partial charge in [-0.15, -0.1) is 0 Å². The molecule has 1 aromatic carbocycles. The maximum absolute atomic E-state index is 12.2. The van der Waals surface area contributed by atoms with Gasteiger partial charge in [-0.25, -0.2) is 0 Å². The van der Waals surface area contributed by atoms with E-state index < -0.39 is 0 Å². The normalized spacial score (nSPS) is 19.0. The number of rotatable bonds is 6. The van der Waals surface area contributed by atoms with Crippen molar-refractivity contribution < 1.29 is 18.7 Å². The Morgan fingerprint density at radius 1 is 1.28 bits per heavy atom. The van der Waals surface area contributed by atoms with Crippen molar-refractivity contribution >= 4 is 29.3 Å². The van der Waals surface area contributed by atoms with E-state index in [1.807, 2.05) is 12.1 Å². The topological polar surface area (TPSA) is 60.7 Å². The smallest absolute Gasteiger partial charge is 0.248 e. The highest BCUT2D eigenvalue weighted by molar-refractivity contribution is 6.32. The number of ether oxygens (including phenoxy) is 2. The number of benzene rings is 1. The second kappa shape index (κ2) is 7.23. The highest BCUT2D eigenvalue weighted by Crippen LogP contribution is 2.47. The van der Waals surface area contributed by atoms with Crippen LogP contribution < -0.4 is 14.8 Å². The van der Waals surface area contributed by atoms with E-state index in [9.17, 15) is 4.79 Å².